The SMILES string of the molecule is Cc1ccc(-n2nc(C)c(NC(=O)CN(CC(C)C)CC(C)C)c2C)cc1. The third kappa shape index (κ3) is 5.93. The first-order valence-corrected chi connectivity index (χ1v) is 9.82. The Labute approximate surface area is 163 Å². The Bertz CT molecular complexity index is 749. The van der Waals surface area contributed by atoms with Gasteiger partial charge in [0.05, 0.1) is 29.3 Å². The fourth-order valence-corrected chi connectivity index (χ4v) is 3.38. The average Bonchev–Trinajstić information content (AvgIpc) is 2.82. The van der Waals surface area contributed by atoms with Gasteiger partial charge in [-0.05, 0) is 44.7 Å². The number of hydrogen-bond donors (Lipinski definition) is 1. The van der Waals surface area contributed by atoms with Crippen molar-refractivity contribution in [1.29, 1.82) is 0 Å². The van der Waals surface area contributed by atoms with Crippen LogP contribution in [0.15, 0.2) is 24.3 Å². The third-order valence-corrected chi connectivity index (χ3v) is 4.45. The fraction of sp³-hybridized carbons (Fsp3) is 0.545. The summed E-state index contributed by atoms with van der Waals surface area (Å²) in [7, 11) is 0. The van der Waals surface area contributed by atoms with Crippen LogP contribution >= 0.6 is 0 Å². The molecule has 5 heteroatoms. The third-order valence-electron chi connectivity index (χ3n) is 4.45. The molecule has 0 saturated carbocycles. The normalized spacial score (nSPS) is 11.6. The first-order valence-electron chi connectivity index (χ1n) is 9.82. The zero-order chi connectivity index (χ0) is 20.1. The summed E-state index contributed by atoms with van der Waals surface area (Å²) in [6.07, 6.45) is 0. The van der Waals surface area contributed by atoms with E-state index in [4.69, 9.17) is 0 Å². The lowest BCUT2D eigenvalue weighted by atomic mass is 10.1. The second-order valence-corrected chi connectivity index (χ2v) is 8.32. The van der Waals surface area contributed by atoms with Crippen LogP contribution in [0.1, 0.15) is 44.6 Å². The number of rotatable bonds is 8. The van der Waals surface area contributed by atoms with Crippen LogP contribution in [0.4, 0.5) is 5.69 Å². The lowest BCUT2D eigenvalue weighted by Gasteiger charge is -2.25. The number of carbonyl (C=O) groups is 1. The molecule has 0 aliphatic carbocycles. The Balaban J connectivity index is 2.14. The van der Waals surface area contributed by atoms with E-state index >= 15 is 0 Å². The van der Waals surface area contributed by atoms with Gasteiger partial charge in [-0.3, -0.25) is 9.69 Å². The van der Waals surface area contributed by atoms with Crippen molar-refractivity contribution in [1.82, 2.24) is 14.7 Å². The van der Waals surface area contributed by atoms with E-state index in [1.807, 2.05) is 30.7 Å². The van der Waals surface area contributed by atoms with Gasteiger partial charge in [0.25, 0.3) is 0 Å². The molecule has 1 amide bonds. The molecule has 148 valence electrons. The number of aryl methyl sites for hydroxylation is 2. The zero-order valence-corrected chi connectivity index (χ0v) is 17.8. The van der Waals surface area contributed by atoms with Gasteiger partial charge in [-0.25, -0.2) is 4.68 Å². The van der Waals surface area contributed by atoms with E-state index in [1.165, 1.54) is 5.56 Å². The van der Waals surface area contributed by atoms with Crippen molar-refractivity contribution in [2.75, 3.05) is 25.0 Å². The lowest BCUT2D eigenvalue weighted by molar-refractivity contribution is -0.117. The molecular weight excluding hydrogens is 336 g/mol. The molecule has 5 nitrogen and oxygen atoms in total. The van der Waals surface area contributed by atoms with Crippen molar-refractivity contribution in [3.8, 4) is 5.69 Å². The fourth-order valence-electron chi connectivity index (χ4n) is 3.38. The second kappa shape index (κ2) is 9.18. The first kappa shape index (κ1) is 21.2. The molecule has 0 atom stereocenters. The number of carbonyl (C=O) groups excluding carboxylic acids is 1. The Morgan fingerprint density at radius 2 is 1.59 bits per heavy atom. The zero-order valence-electron chi connectivity index (χ0n) is 17.8. The molecule has 0 bridgehead atoms. The maximum Gasteiger partial charge on any atom is 0.238 e. The summed E-state index contributed by atoms with van der Waals surface area (Å²) in [4.78, 5) is 14.9. The number of benzene rings is 1. The highest BCUT2D eigenvalue weighted by Crippen LogP contribution is 2.23. The van der Waals surface area contributed by atoms with Gasteiger partial charge in [0, 0.05) is 13.1 Å². The molecule has 1 aromatic heterocycles. The van der Waals surface area contributed by atoms with Crippen molar-refractivity contribution >= 4 is 11.6 Å². The molecule has 0 radical (unpaired) electrons. The van der Waals surface area contributed by atoms with Gasteiger partial charge in [0.15, 0.2) is 0 Å². The molecule has 0 aliphatic rings. The van der Waals surface area contributed by atoms with E-state index in [1.54, 1.807) is 0 Å². The minimum absolute atomic E-state index is 0.0194. The van der Waals surface area contributed by atoms with Crippen molar-refractivity contribution < 1.29 is 4.79 Å². The number of nitrogens with one attached hydrogen (secondary N) is 1. The predicted octanol–water partition coefficient (Wildman–Crippen LogP) is 4.35. The summed E-state index contributed by atoms with van der Waals surface area (Å²) >= 11 is 0. The number of hydrogen-bond acceptors (Lipinski definition) is 3. The minimum Gasteiger partial charge on any atom is -0.322 e. The van der Waals surface area contributed by atoms with Crippen LogP contribution in [0.5, 0.6) is 0 Å². The van der Waals surface area contributed by atoms with Gasteiger partial charge in [-0.1, -0.05) is 45.4 Å². The molecular formula is C22H34N4O. The summed E-state index contributed by atoms with van der Waals surface area (Å²) in [5, 5.41) is 7.72. The molecule has 0 saturated heterocycles. The highest BCUT2D eigenvalue weighted by Gasteiger charge is 2.18. The molecule has 1 N–H and O–H groups in total. The van der Waals surface area contributed by atoms with Crippen LogP contribution < -0.4 is 5.32 Å². The molecule has 0 unspecified atom stereocenters. The quantitative estimate of drug-likeness (QED) is 0.751. The predicted molar refractivity (Wildman–Crippen MR) is 113 cm³/mol. The van der Waals surface area contributed by atoms with Gasteiger partial charge >= 0.3 is 0 Å². The summed E-state index contributed by atoms with van der Waals surface area (Å²) < 4.78 is 1.89. The van der Waals surface area contributed by atoms with Gasteiger partial charge in [-0.2, -0.15) is 5.10 Å². The van der Waals surface area contributed by atoms with E-state index in [9.17, 15) is 4.79 Å². The molecule has 2 aromatic rings. The molecule has 2 rings (SSSR count). The minimum atomic E-state index is 0.0194. The van der Waals surface area contributed by atoms with Gasteiger partial charge in [-0.15, -0.1) is 0 Å². The smallest absolute Gasteiger partial charge is 0.238 e. The van der Waals surface area contributed by atoms with Gasteiger partial charge < -0.3 is 5.32 Å². The monoisotopic (exact) mass is 370 g/mol. The highest BCUT2D eigenvalue weighted by atomic mass is 16.2. The van der Waals surface area contributed by atoms with E-state index in [0.717, 1.165) is 35.9 Å². The Morgan fingerprint density at radius 1 is 1.04 bits per heavy atom. The van der Waals surface area contributed by atoms with Crippen LogP contribution in [-0.2, 0) is 4.79 Å². The number of anilines is 1. The van der Waals surface area contributed by atoms with Crippen LogP contribution in [0.25, 0.3) is 5.69 Å². The molecule has 1 heterocycles. The second-order valence-electron chi connectivity index (χ2n) is 8.32. The first-order chi connectivity index (χ1) is 12.7. The molecule has 27 heavy (non-hydrogen) atoms. The topological polar surface area (TPSA) is 50.2 Å². The Hall–Kier alpha value is -2.14. The van der Waals surface area contributed by atoms with Crippen LogP contribution in [-0.4, -0.2) is 40.2 Å². The standard InChI is InChI=1S/C22H34N4O/c1-15(2)12-25(13-16(3)4)14-21(27)23-22-18(6)24-26(19(22)7)20-10-8-17(5)9-11-20/h8-11,15-16H,12-14H2,1-7H3,(H,23,27). The molecule has 1 aromatic carbocycles. The van der Waals surface area contributed by atoms with Gasteiger partial charge in [0.1, 0.15) is 0 Å². The summed E-state index contributed by atoms with van der Waals surface area (Å²) in [5.74, 6) is 1.08. The molecule has 0 aliphatic heterocycles. The maximum absolute atomic E-state index is 12.7. The van der Waals surface area contributed by atoms with E-state index in [-0.39, 0.29) is 5.91 Å². The average molecular weight is 371 g/mol. The summed E-state index contributed by atoms with van der Waals surface area (Å²) in [6.45, 7) is 17.0. The van der Waals surface area contributed by atoms with Gasteiger partial charge in [0.2, 0.25) is 5.91 Å². The lowest BCUT2D eigenvalue weighted by Crippen LogP contribution is -2.38. The van der Waals surface area contributed by atoms with E-state index in [2.05, 4.69) is 62.1 Å². The van der Waals surface area contributed by atoms with Crippen molar-refractivity contribution in [2.24, 2.45) is 11.8 Å². The van der Waals surface area contributed by atoms with Crippen LogP contribution in [0.2, 0.25) is 0 Å². The molecule has 0 fully saturated rings. The van der Waals surface area contributed by atoms with Crippen molar-refractivity contribution in [2.45, 2.75) is 48.5 Å². The summed E-state index contributed by atoms with van der Waals surface area (Å²) in [6, 6.07) is 8.24. The Kier molecular flexibility index (Phi) is 7.19. The molecule has 0 spiro atoms. The number of nitrogens with zero attached hydrogens (tertiary/aromatic N) is 3. The van der Waals surface area contributed by atoms with Crippen molar-refractivity contribution in [3.63, 3.8) is 0 Å². The maximum atomic E-state index is 12.7. The Morgan fingerprint density at radius 3 is 2.11 bits per heavy atom. The van der Waals surface area contributed by atoms with Crippen molar-refractivity contribution in [3.05, 3.63) is 41.2 Å². The number of amides is 1. The van der Waals surface area contributed by atoms with E-state index in [0.29, 0.717) is 18.4 Å². The summed E-state index contributed by atoms with van der Waals surface area (Å²) in [5.41, 5.74) is 4.81. The van der Waals surface area contributed by atoms with Crippen LogP contribution in [0.3, 0.4) is 0 Å². The van der Waals surface area contributed by atoms with Crippen LogP contribution in [0, 0.1) is 32.6 Å². The largest absolute Gasteiger partial charge is 0.322 e. The number of aromatic nitrogens is 2. The highest BCUT2D eigenvalue weighted by molar-refractivity contribution is 5.93. The van der Waals surface area contributed by atoms with E-state index < -0.39 is 0 Å².